The van der Waals surface area contributed by atoms with Crippen LogP contribution in [0.3, 0.4) is 0 Å². The van der Waals surface area contributed by atoms with Crippen molar-refractivity contribution in [2.24, 2.45) is 0 Å². The Morgan fingerprint density at radius 3 is 2.53 bits per heavy atom. The first-order valence-electron chi connectivity index (χ1n) is 12.6. The first kappa shape index (κ1) is 27.0. The number of hydrogen-bond donors (Lipinski definition) is 3. The maximum Gasteiger partial charge on any atom is 0.324 e. The van der Waals surface area contributed by atoms with Gasteiger partial charge in [-0.05, 0) is 82.0 Å². The second-order valence-corrected chi connectivity index (χ2v) is 12.1. The number of carbonyl (C=O) groups is 1. The number of β-amino-alcohol motifs (C(OH)–C–C–N with tert-alkyl or cyclic N) is 1. The Labute approximate surface area is 218 Å². The molecule has 4 rings (SSSR count). The average molecular weight is 514 g/mol. The van der Waals surface area contributed by atoms with Crippen LogP contribution in [0.1, 0.15) is 66.2 Å². The molecule has 0 bridgehead atoms. The topological polar surface area (TPSA) is 88.0 Å². The third kappa shape index (κ3) is 4.91. The Kier molecular flexibility index (Phi) is 7.50. The standard InChI is InChI=1S/C29H39NO5S/c1-16-8-10-20(12-18(16)3)13-28(5,6)30-14-21(31)15-34-19(4)22-11-9-17(2)25-23(22)24-26(35-25)29(24,36-7)27(32)33/h8-12,19,21,24,26,30-31H,13-15H2,1-7H3,(H,32,33). The van der Waals surface area contributed by atoms with Crippen LogP contribution in [-0.2, 0) is 16.0 Å². The molecule has 0 amide bonds. The fraction of sp³-hybridized carbons (Fsp3) is 0.552. The number of aliphatic hydroxyl groups excluding tert-OH is 1. The van der Waals surface area contributed by atoms with E-state index in [1.165, 1.54) is 28.5 Å². The largest absolute Gasteiger partial charge is 0.487 e. The van der Waals surface area contributed by atoms with E-state index in [2.05, 4.69) is 51.2 Å². The van der Waals surface area contributed by atoms with Gasteiger partial charge >= 0.3 is 5.97 Å². The number of nitrogens with one attached hydrogen (secondary N) is 1. The van der Waals surface area contributed by atoms with Crippen LogP contribution in [-0.4, -0.2) is 58.1 Å². The highest BCUT2D eigenvalue weighted by Gasteiger charge is 2.77. The summed E-state index contributed by atoms with van der Waals surface area (Å²) in [4.78, 5) is 12.0. The van der Waals surface area contributed by atoms with Gasteiger partial charge in [-0.25, -0.2) is 0 Å². The lowest BCUT2D eigenvalue weighted by atomic mass is 9.93. The molecule has 2 aromatic rings. The number of rotatable bonds is 11. The molecule has 36 heavy (non-hydrogen) atoms. The van der Waals surface area contributed by atoms with E-state index >= 15 is 0 Å². The number of aliphatic hydroxyl groups is 1. The van der Waals surface area contributed by atoms with Crippen molar-refractivity contribution in [2.75, 3.05) is 19.4 Å². The first-order valence-corrected chi connectivity index (χ1v) is 13.8. The molecule has 1 saturated carbocycles. The summed E-state index contributed by atoms with van der Waals surface area (Å²) in [6.45, 7) is 13.1. The van der Waals surface area contributed by atoms with Crippen molar-refractivity contribution in [1.29, 1.82) is 0 Å². The lowest BCUT2D eigenvalue weighted by Crippen LogP contribution is -2.46. The highest BCUT2D eigenvalue weighted by atomic mass is 32.2. The van der Waals surface area contributed by atoms with Crippen molar-refractivity contribution in [3.63, 3.8) is 0 Å². The molecule has 1 aliphatic carbocycles. The van der Waals surface area contributed by atoms with Crippen LogP contribution in [0.15, 0.2) is 30.3 Å². The molecular weight excluding hydrogens is 474 g/mol. The Hall–Kier alpha value is -2.06. The molecule has 2 aliphatic rings. The molecule has 2 aromatic carbocycles. The van der Waals surface area contributed by atoms with E-state index in [-0.39, 0.29) is 30.3 Å². The number of thioether (sulfide) groups is 1. The number of aliphatic carboxylic acids is 1. The molecule has 0 aromatic heterocycles. The third-order valence-corrected chi connectivity index (χ3v) is 9.08. The van der Waals surface area contributed by atoms with Crippen LogP contribution < -0.4 is 10.1 Å². The normalized spacial score (nSPS) is 24.0. The van der Waals surface area contributed by atoms with Crippen molar-refractivity contribution in [2.45, 2.75) is 82.5 Å². The Morgan fingerprint density at radius 2 is 1.89 bits per heavy atom. The molecule has 5 atom stereocenters. The van der Waals surface area contributed by atoms with Crippen molar-refractivity contribution in [3.05, 3.63) is 63.7 Å². The summed E-state index contributed by atoms with van der Waals surface area (Å²) < 4.78 is 11.3. The van der Waals surface area contributed by atoms with Crippen molar-refractivity contribution < 1.29 is 24.5 Å². The molecule has 5 unspecified atom stereocenters. The summed E-state index contributed by atoms with van der Waals surface area (Å²) in [6, 6.07) is 10.5. The van der Waals surface area contributed by atoms with Crippen LogP contribution in [0, 0.1) is 20.8 Å². The average Bonchev–Trinajstić information content (AvgIpc) is 3.29. The van der Waals surface area contributed by atoms with E-state index in [1.54, 1.807) is 0 Å². The minimum atomic E-state index is -0.930. The molecule has 196 valence electrons. The predicted octanol–water partition coefficient (Wildman–Crippen LogP) is 4.71. The summed E-state index contributed by atoms with van der Waals surface area (Å²) in [7, 11) is 0. The zero-order valence-electron chi connectivity index (χ0n) is 22.3. The van der Waals surface area contributed by atoms with Gasteiger partial charge in [0.15, 0.2) is 4.75 Å². The van der Waals surface area contributed by atoms with Gasteiger partial charge < -0.3 is 25.0 Å². The van der Waals surface area contributed by atoms with Crippen molar-refractivity contribution >= 4 is 17.7 Å². The number of hydrogen-bond acceptors (Lipinski definition) is 6. The van der Waals surface area contributed by atoms with E-state index in [4.69, 9.17) is 9.47 Å². The molecule has 1 aliphatic heterocycles. The van der Waals surface area contributed by atoms with Gasteiger partial charge in [0, 0.05) is 17.6 Å². The van der Waals surface area contributed by atoms with E-state index < -0.39 is 16.8 Å². The number of benzene rings is 2. The summed E-state index contributed by atoms with van der Waals surface area (Å²) >= 11 is 1.34. The van der Waals surface area contributed by atoms with Crippen LogP contribution in [0.4, 0.5) is 0 Å². The first-order chi connectivity index (χ1) is 16.9. The lowest BCUT2D eigenvalue weighted by molar-refractivity contribution is -0.137. The van der Waals surface area contributed by atoms with Gasteiger partial charge in [0.05, 0.1) is 24.7 Å². The minimum absolute atomic E-state index is 0.178. The van der Waals surface area contributed by atoms with E-state index in [9.17, 15) is 15.0 Å². The van der Waals surface area contributed by atoms with Gasteiger partial charge in [-0.2, -0.15) is 0 Å². The fourth-order valence-corrected chi connectivity index (χ4v) is 6.43. The van der Waals surface area contributed by atoms with E-state index in [0.717, 1.165) is 28.9 Å². The van der Waals surface area contributed by atoms with Gasteiger partial charge in [-0.3, -0.25) is 4.79 Å². The predicted molar refractivity (Wildman–Crippen MR) is 144 cm³/mol. The number of ether oxygens (including phenoxy) is 2. The summed E-state index contributed by atoms with van der Waals surface area (Å²) in [5.41, 5.74) is 6.56. The maximum atomic E-state index is 12.0. The molecule has 3 N–H and O–H groups in total. The number of carboxylic acids is 1. The molecule has 1 fully saturated rings. The summed E-state index contributed by atoms with van der Waals surface area (Å²) in [5, 5.41) is 24.0. The molecule has 0 saturated heterocycles. The van der Waals surface area contributed by atoms with Crippen LogP contribution in [0.5, 0.6) is 5.75 Å². The maximum absolute atomic E-state index is 12.0. The zero-order chi connectivity index (χ0) is 26.4. The Balaban J connectivity index is 1.36. The number of carboxylic acid groups (broad SMARTS) is 1. The van der Waals surface area contributed by atoms with Crippen molar-refractivity contribution in [1.82, 2.24) is 5.32 Å². The van der Waals surface area contributed by atoms with E-state index in [1.807, 2.05) is 32.2 Å². The monoisotopic (exact) mass is 513 g/mol. The molecule has 0 radical (unpaired) electrons. The molecule has 6 nitrogen and oxygen atoms in total. The van der Waals surface area contributed by atoms with Crippen LogP contribution in [0.25, 0.3) is 0 Å². The number of fused-ring (bicyclic) bond motifs is 3. The summed E-state index contributed by atoms with van der Waals surface area (Å²) in [6.07, 6.45) is 1.38. The second-order valence-electron chi connectivity index (χ2n) is 11.0. The Morgan fingerprint density at radius 1 is 1.19 bits per heavy atom. The molecule has 0 spiro atoms. The van der Waals surface area contributed by atoms with Gasteiger partial charge in [0.2, 0.25) is 0 Å². The van der Waals surface area contributed by atoms with Gasteiger partial charge in [-0.1, -0.05) is 30.3 Å². The van der Waals surface area contributed by atoms with Gasteiger partial charge in [0.25, 0.3) is 0 Å². The second kappa shape index (κ2) is 10.0. The molecule has 1 heterocycles. The summed E-state index contributed by atoms with van der Waals surface area (Å²) in [5.74, 6) is -0.223. The van der Waals surface area contributed by atoms with Crippen molar-refractivity contribution in [3.8, 4) is 5.75 Å². The lowest BCUT2D eigenvalue weighted by Gasteiger charge is -2.29. The van der Waals surface area contributed by atoms with Crippen LogP contribution in [0.2, 0.25) is 0 Å². The Bertz CT molecular complexity index is 1150. The SMILES string of the molecule is CSC1(C(=O)O)C2Oc3c(C)ccc(C(C)OCC(O)CNC(C)(C)Cc4ccc(C)c(C)c4)c3C21. The minimum Gasteiger partial charge on any atom is -0.487 e. The van der Waals surface area contributed by atoms with Crippen LogP contribution >= 0.6 is 11.8 Å². The smallest absolute Gasteiger partial charge is 0.324 e. The fourth-order valence-electron chi connectivity index (χ4n) is 5.41. The van der Waals surface area contributed by atoms with E-state index in [0.29, 0.717) is 6.54 Å². The molecule has 7 heteroatoms. The van der Waals surface area contributed by atoms with Gasteiger partial charge in [0.1, 0.15) is 11.9 Å². The third-order valence-electron chi connectivity index (χ3n) is 7.74. The number of aryl methyl sites for hydroxylation is 3. The molecular formula is C29H39NO5S. The highest BCUT2D eigenvalue weighted by molar-refractivity contribution is 8.01. The quantitative estimate of drug-likeness (QED) is 0.401. The van der Waals surface area contributed by atoms with Gasteiger partial charge in [-0.15, -0.1) is 11.8 Å². The highest BCUT2D eigenvalue weighted by Crippen LogP contribution is 2.68. The zero-order valence-corrected chi connectivity index (χ0v) is 23.2.